The van der Waals surface area contributed by atoms with Gasteiger partial charge in [0.1, 0.15) is 0 Å². The Hall–Kier alpha value is -1.31. The predicted octanol–water partition coefficient (Wildman–Crippen LogP) is 2.27. The molecule has 1 aromatic carbocycles. The second-order valence-electron chi connectivity index (χ2n) is 4.57. The van der Waals surface area contributed by atoms with Gasteiger partial charge in [0.25, 0.3) is 0 Å². The Labute approximate surface area is 83.3 Å². The molecule has 3 rings (SSSR count). The molecule has 1 fully saturated rings. The van der Waals surface area contributed by atoms with Crippen molar-refractivity contribution < 1.29 is 4.79 Å². The molecule has 14 heavy (non-hydrogen) atoms. The van der Waals surface area contributed by atoms with Crippen molar-refractivity contribution in [1.29, 1.82) is 0 Å². The van der Waals surface area contributed by atoms with Crippen LogP contribution in [-0.4, -0.2) is 5.91 Å². The van der Waals surface area contributed by atoms with Gasteiger partial charge in [-0.25, -0.2) is 0 Å². The first-order valence-electron chi connectivity index (χ1n) is 5.11. The smallest absolute Gasteiger partial charge is 0.230 e. The van der Waals surface area contributed by atoms with Gasteiger partial charge in [0.05, 0.1) is 5.41 Å². The average molecular weight is 187 g/mol. The Morgan fingerprint density at radius 3 is 2.86 bits per heavy atom. The van der Waals surface area contributed by atoms with Crippen molar-refractivity contribution in [2.75, 3.05) is 5.32 Å². The van der Waals surface area contributed by atoms with Crippen molar-refractivity contribution in [2.24, 2.45) is 5.41 Å². The standard InChI is InChI=1S/C12H13NO/c1-8-2-3-9-7-12(4-5-12)11(14)13-10(9)6-8/h2-3,6H,4-5,7H2,1H3,(H,13,14). The molecule has 0 unspecified atom stereocenters. The summed E-state index contributed by atoms with van der Waals surface area (Å²) in [5.41, 5.74) is 3.50. The van der Waals surface area contributed by atoms with Gasteiger partial charge in [-0.05, 0) is 43.4 Å². The van der Waals surface area contributed by atoms with Crippen LogP contribution in [0.15, 0.2) is 18.2 Å². The third-order valence-electron chi connectivity index (χ3n) is 3.38. The molecule has 1 N–H and O–H groups in total. The molecule has 0 saturated heterocycles. The molecule has 1 spiro atoms. The molecule has 2 nitrogen and oxygen atoms in total. The summed E-state index contributed by atoms with van der Waals surface area (Å²) in [6.07, 6.45) is 3.06. The SMILES string of the molecule is Cc1ccc2c(c1)NC(=O)C1(CC1)C2. The minimum absolute atomic E-state index is 0.0255. The van der Waals surface area contributed by atoms with Crippen LogP contribution in [0.1, 0.15) is 24.0 Å². The first-order chi connectivity index (χ1) is 6.70. The van der Waals surface area contributed by atoms with E-state index in [9.17, 15) is 4.79 Å². The van der Waals surface area contributed by atoms with Gasteiger partial charge in [-0.15, -0.1) is 0 Å². The normalized spacial score (nSPS) is 21.6. The lowest BCUT2D eigenvalue weighted by molar-refractivity contribution is -0.121. The second kappa shape index (κ2) is 2.38. The lowest BCUT2D eigenvalue weighted by Crippen LogP contribution is -2.31. The number of hydrogen-bond acceptors (Lipinski definition) is 1. The van der Waals surface area contributed by atoms with Crippen molar-refractivity contribution in [2.45, 2.75) is 26.2 Å². The number of carbonyl (C=O) groups is 1. The molecule has 0 radical (unpaired) electrons. The maximum atomic E-state index is 11.7. The Morgan fingerprint density at radius 1 is 1.36 bits per heavy atom. The topological polar surface area (TPSA) is 29.1 Å². The summed E-state index contributed by atoms with van der Waals surface area (Å²) < 4.78 is 0. The molecule has 0 bridgehead atoms. The Kier molecular flexibility index (Phi) is 1.37. The largest absolute Gasteiger partial charge is 0.325 e. The fourth-order valence-corrected chi connectivity index (χ4v) is 2.22. The highest BCUT2D eigenvalue weighted by Crippen LogP contribution is 2.52. The number of hydrogen-bond donors (Lipinski definition) is 1. The van der Waals surface area contributed by atoms with Crippen LogP contribution >= 0.6 is 0 Å². The van der Waals surface area contributed by atoms with Crippen LogP contribution < -0.4 is 5.32 Å². The molecule has 1 amide bonds. The minimum atomic E-state index is -0.0255. The summed E-state index contributed by atoms with van der Waals surface area (Å²) in [5, 5.41) is 3.01. The summed E-state index contributed by atoms with van der Waals surface area (Å²) in [7, 11) is 0. The van der Waals surface area contributed by atoms with Crippen LogP contribution in [0.2, 0.25) is 0 Å². The first-order valence-corrected chi connectivity index (χ1v) is 5.11. The van der Waals surface area contributed by atoms with E-state index >= 15 is 0 Å². The lowest BCUT2D eigenvalue weighted by atomic mass is 9.90. The number of amides is 1. The van der Waals surface area contributed by atoms with Gasteiger partial charge in [-0.1, -0.05) is 12.1 Å². The van der Waals surface area contributed by atoms with Gasteiger partial charge >= 0.3 is 0 Å². The van der Waals surface area contributed by atoms with Gasteiger partial charge in [-0.3, -0.25) is 4.79 Å². The maximum Gasteiger partial charge on any atom is 0.230 e. The summed E-state index contributed by atoms with van der Waals surface area (Å²) >= 11 is 0. The summed E-state index contributed by atoms with van der Waals surface area (Å²) in [6.45, 7) is 2.05. The quantitative estimate of drug-likeness (QED) is 0.663. The number of fused-ring (bicyclic) bond motifs is 1. The summed E-state index contributed by atoms with van der Waals surface area (Å²) in [4.78, 5) is 11.7. The van der Waals surface area contributed by atoms with E-state index in [2.05, 4.69) is 23.5 Å². The zero-order valence-corrected chi connectivity index (χ0v) is 8.26. The van der Waals surface area contributed by atoms with E-state index in [1.165, 1.54) is 11.1 Å². The molecule has 1 aliphatic carbocycles. The van der Waals surface area contributed by atoms with E-state index in [0.29, 0.717) is 0 Å². The van der Waals surface area contributed by atoms with Crippen LogP contribution in [0, 0.1) is 12.3 Å². The third kappa shape index (κ3) is 0.999. The molecule has 1 saturated carbocycles. The fraction of sp³-hybridized carbons (Fsp3) is 0.417. The molecule has 2 aliphatic rings. The Bertz CT molecular complexity index is 418. The van der Waals surface area contributed by atoms with Crippen molar-refractivity contribution in [1.82, 2.24) is 0 Å². The van der Waals surface area contributed by atoms with E-state index in [1.807, 2.05) is 6.92 Å². The van der Waals surface area contributed by atoms with Crippen LogP contribution in [-0.2, 0) is 11.2 Å². The molecular formula is C12H13NO. The van der Waals surface area contributed by atoms with Crippen LogP contribution in [0.5, 0.6) is 0 Å². The maximum absolute atomic E-state index is 11.7. The third-order valence-corrected chi connectivity index (χ3v) is 3.38. The van der Waals surface area contributed by atoms with Gasteiger partial charge in [-0.2, -0.15) is 0 Å². The molecule has 1 aliphatic heterocycles. The van der Waals surface area contributed by atoms with Crippen molar-refractivity contribution in [3.05, 3.63) is 29.3 Å². The minimum Gasteiger partial charge on any atom is -0.325 e. The average Bonchev–Trinajstić information content (AvgIpc) is 2.89. The molecule has 1 heterocycles. The van der Waals surface area contributed by atoms with Crippen molar-refractivity contribution >= 4 is 11.6 Å². The van der Waals surface area contributed by atoms with Crippen molar-refractivity contribution in [3.63, 3.8) is 0 Å². The molecule has 72 valence electrons. The highest BCUT2D eigenvalue weighted by molar-refractivity contribution is 6.00. The molecule has 1 aromatic rings. The van der Waals surface area contributed by atoms with E-state index in [1.54, 1.807) is 0 Å². The summed E-state index contributed by atoms with van der Waals surface area (Å²) in [5.74, 6) is 0.232. The highest BCUT2D eigenvalue weighted by atomic mass is 16.2. The number of anilines is 1. The van der Waals surface area contributed by atoms with E-state index in [-0.39, 0.29) is 11.3 Å². The molecule has 2 heteroatoms. The molecular weight excluding hydrogens is 174 g/mol. The van der Waals surface area contributed by atoms with Crippen LogP contribution in [0.25, 0.3) is 0 Å². The number of rotatable bonds is 0. The Balaban J connectivity index is 2.06. The molecule has 0 atom stereocenters. The van der Waals surface area contributed by atoms with Gasteiger partial charge in [0.15, 0.2) is 0 Å². The number of aryl methyl sites for hydroxylation is 1. The van der Waals surface area contributed by atoms with E-state index in [0.717, 1.165) is 24.9 Å². The van der Waals surface area contributed by atoms with E-state index in [4.69, 9.17) is 0 Å². The van der Waals surface area contributed by atoms with Crippen molar-refractivity contribution in [3.8, 4) is 0 Å². The number of benzene rings is 1. The highest BCUT2D eigenvalue weighted by Gasteiger charge is 2.51. The van der Waals surface area contributed by atoms with Gasteiger partial charge in [0, 0.05) is 5.69 Å². The van der Waals surface area contributed by atoms with Crippen LogP contribution in [0.4, 0.5) is 5.69 Å². The van der Waals surface area contributed by atoms with E-state index < -0.39 is 0 Å². The summed E-state index contributed by atoms with van der Waals surface area (Å²) in [6, 6.07) is 6.32. The first kappa shape index (κ1) is 8.04. The predicted molar refractivity (Wildman–Crippen MR) is 55.2 cm³/mol. The lowest BCUT2D eigenvalue weighted by Gasteiger charge is -2.24. The monoisotopic (exact) mass is 187 g/mol. The second-order valence-corrected chi connectivity index (χ2v) is 4.57. The Morgan fingerprint density at radius 2 is 2.14 bits per heavy atom. The number of carbonyl (C=O) groups excluding carboxylic acids is 1. The van der Waals surface area contributed by atoms with Crippen LogP contribution in [0.3, 0.4) is 0 Å². The van der Waals surface area contributed by atoms with Gasteiger partial charge in [0.2, 0.25) is 5.91 Å². The fourth-order valence-electron chi connectivity index (χ4n) is 2.22. The zero-order valence-electron chi connectivity index (χ0n) is 8.26. The zero-order chi connectivity index (χ0) is 9.76. The molecule has 0 aromatic heterocycles. The van der Waals surface area contributed by atoms with Gasteiger partial charge < -0.3 is 5.32 Å². The number of nitrogens with one attached hydrogen (secondary N) is 1.